The molecule has 218 valence electrons. The van der Waals surface area contributed by atoms with Gasteiger partial charge in [-0.15, -0.1) is 0 Å². The number of rotatable bonds is 8. The quantitative estimate of drug-likeness (QED) is 0.129. The van der Waals surface area contributed by atoms with Crippen LogP contribution in [0.2, 0.25) is 0 Å². The predicted octanol–water partition coefficient (Wildman–Crippen LogP) is 9.89. The van der Waals surface area contributed by atoms with Gasteiger partial charge < -0.3 is 10.0 Å². The van der Waals surface area contributed by atoms with Crippen LogP contribution in [-0.4, -0.2) is 11.1 Å². The monoisotopic (exact) mass is 576 g/mol. The third-order valence-electron chi connectivity index (χ3n) is 7.80. The van der Waals surface area contributed by atoms with E-state index in [0.29, 0.717) is 5.56 Å². The van der Waals surface area contributed by atoms with E-state index in [9.17, 15) is 9.90 Å². The molecule has 0 amide bonds. The maximum Gasteiger partial charge on any atom is 0.346 e. The fraction of sp³-hybridized carbons (Fsp3) is 0.150. The Bertz CT molecular complexity index is 1810. The molecule has 0 aliphatic heterocycles. The van der Waals surface area contributed by atoms with Gasteiger partial charge in [0, 0.05) is 17.1 Å². The SMILES string of the molecule is Cc1ccc(/C(=C\c2ccc(N(C3=CCC(C)(C)C=C3)c3ccc(C)cc3)cc2)c2ccc(/C=C(\C#N)C(=O)O)cc2)cc1. The van der Waals surface area contributed by atoms with Crippen LogP contribution in [0.15, 0.2) is 127 Å². The number of benzene rings is 4. The first-order chi connectivity index (χ1) is 21.1. The largest absolute Gasteiger partial charge is 0.477 e. The molecule has 44 heavy (non-hydrogen) atoms. The zero-order valence-electron chi connectivity index (χ0n) is 25.6. The van der Waals surface area contributed by atoms with E-state index in [1.54, 1.807) is 6.07 Å². The second-order valence-electron chi connectivity index (χ2n) is 11.9. The molecular formula is C40H36N2O2. The van der Waals surface area contributed by atoms with Crippen molar-refractivity contribution < 1.29 is 9.90 Å². The first kappa shape index (κ1) is 30.1. The molecule has 4 heteroatoms. The van der Waals surface area contributed by atoms with Crippen LogP contribution in [-0.2, 0) is 4.79 Å². The van der Waals surface area contributed by atoms with Crippen molar-refractivity contribution in [3.8, 4) is 6.07 Å². The van der Waals surface area contributed by atoms with Gasteiger partial charge in [-0.3, -0.25) is 0 Å². The topological polar surface area (TPSA) is 64.3 Å². The van der Waals surface area contributed by atoms with Crippen molar-refractivity contribution in [2.45, 2.75) is 34.1 Å². The smallest absolute Gasteiger partial charge is 0.346 e. The number of nitriles is 1. The predicted molar refractivity (Wildman–Crippen MR) is 181 cm³/mol. The number of hydrogen-bond donors (Lipinski definition) is 1. The molecule has 0 atom stereocenters. The molecule has 4 nitrogen and oxygen atoms in total. The van der Waals surface area contributed by atoms with Crippen molar-refractivity contribution in [3.63, 3.8) is 0 Å². The molecule has 4 aromatic carbocycles. The number of hydrogen-bond acceptors (Lipinski definition) is 3. The van der Waals surface area contributed by atoms with Crippen LogP contribution >= 0.6 is 0 Å². The summed E-state index contributed by atoms with van der Waals surface area (Å²) in [5.41, 5.74) is 10.4. The Hall–Kier alpha value is -5.40. The van der Waals surface area contributed by atoms with Crippen LogP contribution < -0.4 is 4.90 Å². The van der Waals surface area contributed by atoms with Gasteiger partial charge in [0.2, 0.25) is 0 Å². The summed E-state index contributed by atoms with van der Waals surface area (Å²) in [6, 6.07) is 35.0. The second kappa shape index (κ2) is 12.9. The molecule has 0 radical (unpaired) electrons. The van der Waals surface area contributed by atoms with Crippen molar-refractivity contribution in [1.29, 1.82) is 5.26 Å². The zero-order valence-corrected chi connectivity index (χ0v) is 25.6. The first-order valence-electron chi connectivity index (χ1n) is 14.7. The molecule has 0 bridgehead atoms. The number of carboxylic acids is 1. The summed E-state index contributed by atoms with van der Waals surface area (Å²) >= 11 is 0. The van der Waals surface area contributed by atoms with Gasteiger partial charge in [-0.05, 0) is 96.0 Å². The summed E-state index contributed by atoms with van der Waals surface area (Å²) in [5.74, 6) is -1.24. The van der Waals surface area contributed by atoms with E-state index in [4.69, 9.17) is 5.26 Å². The van der Waals surface area contributed by atoms with Crippen LogP contribution in [0.3, 0.4) is 0 Å². The van der Waals surface area contributed by atoms with Crippen LogP contribution in [0.1, 0.15) is 53.6 Å². The van der Waals surface area contributed by atoms with Crippen LogP contribution in [0.25, 0.3) is 17.7 Å². The summed E-state index contributed by atoms with van der Waals surface area (Å²) in [7, 11) is 0. The zero-order chi connectivity index (χ0) is 31.3. The third kappa shape index (κ3) is 7.14. The lowest BCUT2D eigenvalue weighted by Gasteiger charge is -2.31. The van der Waals surface area contributed by atoms with E-state index < -0.39 is 5.97 Å². The van der Waals surface area contributed by atoms with Crippen molar-refractivity contribution in [2.75, 3.05) is 4.90 Å². The lowest BCUT2D eigenvalue weighted by Crippen LogP contribution is -2.19. The highest BCUT2D eigenvalue weighted by Gasteiger charge is 2.21. The minimum Gasteiger partial charge on any atom is -0.477 e. The molecule has 0 fully saturated rings. The van der Waals surface area contributed by atoms with Crippen molar-refractivity contribution in [2.24, 2.45) is 5.41 Å². The molecule has 0 saturated heterocycles. The van der Waals surface area contributed by atoms with Crippen molar-refractivity contribution >= 4 is 35.1 Å². The van der Waals surface area contributed by atoms with E-state index in [1.165, 1.54) is 17.2 Å². The Morgan fingerprint density at radius 2 is 1.25 bits per heavy atom. The van der Waals surface area contributed by atoms with E-state index in [-0.39, 0.29) is 11.0 Å². The molecule has 5 rings (SSSR count). The molecule has 1 aliphatic carbocycles. The first-order valence-corrected chi connectivity index (χ1v) is 14.7. The summed E-state index contributed by atoms with van der Waals surface area (Å²) in [6.07, 6.45) is 11.4. The minimum atomic E-state index is -1.24. The summed E-state index contributed by atoms with van der Waals surface area (Å²) < 4.78 is 0. The molecule has 1 N–H and O–H groups in total. The van der Waals surface area contributed by atoms with Gasteiger partial charge in [0.25, 0.3) is 0 Å². The van der Waals surface area contributed by atoms with E-state index in [2.05, 4.69) is 130 Å². The number of allylic oxidation sites excluding steroid dienone is 3. The fourth-order valence-corrected chi connectivity index (χ4v) is 5.14. The number of aliphatic carboxylic acids is 1. The van der Waals surface area contributed by atoms with Gasteiger partial charge in [-0.1, -0.05) is 110 Å². The number of anilines is 2. The van der Waals surface area contributed by atoms with Gasteiger partial charge in [-0.25, -0.2) is 4.79 Å². The molecule has 4 aromatic rings. The van der Waals surface area contributed by atoms with E-state index >= 15 is 0 Å². The highest BCUT2D eigenvalue weighted by atomic mass is 16.4. The molecular weight excluding hydrogens is 540 g/mol. The van der Waals surface area contributed by atoms with Gasteiger partial charge in [0.1, 0.15) is 11.6 Å². The standard InChI is InChI=1S/C40H36N2O2/c1-28-5-13-32(14-6-28)38(33-15-9-30(10-16-33)25-34(27-41)39(43)44)26-31-11-19-36(20-12-31)42(35-17-7-29(2)8-18-35)37-21-23-40(3,4)24-22-37/h5-23,25-26H,24H2,1-4H3,(H,43,44)/b34-25+,38-26+. The summed E-state index contributed by atoms with van der Waals surface area (Å²) in [5, 5.41) is 18.4. The maximum atomic E-state index is 11.3. The molecule has 0 spiro atoms. The number of carbonyl (C=O) groups is 1. The summed E-state index contributed by atoms with van der Waals surface area (Å²) in [6.45, 7) is 8.68. The number of carboxylic acid groups (broad SMARTS) is 1. The molecule has 0 heterocycles. The van der Waals surface area contributed by atoms with E-state index in [0.717, 1.165) is 45.8 Å². The molecule has 1 aliphatic rings. The van der Waals surface area contributed by atoms with Gasteiger partial charge in [0.05, 0.1) is 0 Å². The normalized spacial score (nSPS) is 14.5. The molecule has 0 aromatic heterocycles. The number of nitrogens with zero attached hydrogens (tertiary/aromatic N) is 2. The Morgan fingerprint density at radius 1 is 0.773 bits per heavy atom. The lowest BCUT2D eigenvalue weighted by molar-refractivity contribution is -0.132. The van der Waals surface area contributed by atoms with Crippen LogP contribution in [0.4, 0.5) is 11.4 Å². The maximum absolute atomic E-state index is 11.3. The Balaban J connectivity index is 1.52. The Morgan fingerprint density at radius 3 is 1.75 bits per heavy atom. The van der Waals surface area contributed by atoms with Crippen LogP contribution in [0.5, 0.6) is 0 Å². The average molecular weight is 577 g/mol. The third-order valence-corrected chi connectivity index (χ3v) is 7.80. The molecule has 0 saturated carbocycles. The Kier molecular flexibility index (Phi) is 8.78. The van der Waals surface area contributed by atoms with Crippen molar-refractivity contribution in [3.05, 3.63) is 160 Å². The highest BCUT2D eigenvalue weighted by Crippen LogP contribution is 2.36. The summed E-state index contributed by atoms with van der Waals surface area (Å²) in [4.78, 5) is 13.6. The van der Waals surface area contributed by atoms with Gasteiger partial charge >= 0.3 is 5.97 Å². The molecule has 0 unspecified atom stereocenters. The Labute approximate surface area is 260 Å². The highest BCUT2D eigenvalue weighted by molar-refractivity contribution is 5.97. The van der Waals surface area contributed by atoms with Crippen molar-refractivity contribution in [1.82, 2.24) is 0 Å². The van der Waals surface area contributed by atoms with Crippen LogP contribution in [0, 0.1) is 30.6 Å². The van der Waals surface area contributed by atoms with Gasteiger partial charge in [0.15, 0.2) is 0 Å². The minimum absolute atomic E-state index is 0.145. The second-order valence-corrected chi connectivity index (χ2v) is 11.9. The number of aryl methyl sites for hydroxylation is 2. The average Bonchev–Trinajstić information content (AvgIpc) is 3.02. The fourth-order valence-electron chi connectivity index (χ4n) is 5.14. The van der Waals surface area contributed by atoms with E-state index in [1.807, 2.05) is 24.3 Å². The van der Waals surface area contributed by atoms with Gasteiger partial charge in [-0.2, -0.15) is 5.26 Å². The lowest BCUT2D eigenvalue weighted by atomic mass is 9.85.